The summed E-state index contributed by atoms with van der Waals surface area (Å²) in [5, 5.41) is 3.09. The second-order valence-electron chi connectivity index (χ2n) is 7.42. The van der Waals surface area contributed by atoms with E-state index in [0.717, 1.165) is 56.0 Å². The Labute approximate surface area is 160 Å². The number of urea groups is 1. The van der Waals surface area contributed by atoms with Gasteiger partial charge in [-0.1, -0.05) is 24.3 Å². The van der Waals surface area contributed by atoms with Crippen LogP contribution in [0.4, 0.5) is 16.2 Å². The van der Waals surface area contributed by atoms with E-state index in [4.69, 9.17) is 4.74 Å². The lowest BCUT2D eigenvalue weighted by molar-refractivity contribution is 0.177. The maximum Gasteiger partial charge on any atom is 0.322 e. The molecule has 142 valence electrons. The summed E-state index contributed by atoms with van der Waals surface area (Å²) in [4.78, 5) is 17.2. The minimum Gasteiger partial charge on any atom is -0.495 e. The molecule has 0 saturated carbocycles. The molecular formula is C22H27N3O2. The molecule has 1 saturated heterocycles. The minimum absolute atomic E-state index is 0.0336. The first-order chi connectivity index (χ1) is 13.2. The SMILES string of the molecule is COc1cc(C)ccc1N1CCC(N2CCc3ccccc3NC2=O)CC1. The normalized spacial score (nSPS) is 17.9. The van der Waals surface area contributed by atoms with Crippen molar-refractivity contribution in [2.75, 3.05) is 37.0 Å². The lowest BCUT2D eigenvalue weighted by Crippen LogP contribution is -2.49. The Hall–Kier alpha value is -2.69. The van der Waals surface area contributed by atoms with Gasteiger partial charge in [-0.2, -0.15) is 0 Å². The number of benzene rings is 2. The lowest BCUT2D eigenvalue weighted by Gasteiger charge is -2.39. The predicted octanol–water partition coefficient (Wildman–Crippen LogP) is 4.06. The van der Waals surface area contributed by atoms with Gasteiger partial charge in [0, 0.05) is 31.4 Å². The summed E-state index contributed by atoms with van der Waals surface area (Å²) in [5.41, 5.74) is 4.52. The van der Waals surface area contributed by atoms with Crippen LogP contribution in [0.5, 0.6) is 5.75 Å². The molecule has 2 heterocycles. The lowest BCUT2D eigenvalue weighted by atomic mass is 10.0. The summed E-state index contributed by atoms with van der Waals surface area (Å²) < 4.78 is 5.58. The van der Waals surface area contributed by atoms with Crippen molar-refractivity contribution in [3.05, 3.63) is 53.6 Å². The second kappa shape index (κ2) is 7.51. The van der Waals surface area contributed by atoms with Gasteiger partial charge < -0.3 is 19.9 Å². The Kier molecular flexibility index (Phi) is 4.92. The number of para-hydroxylation sites is 1. The molecule has 2 amide bonds. The van der Waals surface area contributed by atoms with Crippen LogP contribution in [0.2, 0.25) is 0 Å². The van der Waals surface area contributed by atoms with Crippen molar-refractivity contribution in [2.45, 2.75) is 32.2 Å². The van der Waals surface area contributed by atoms with Gasteiger partial charge in [-0.15, -0.1) is 0 Å². The van der Waals surface area contributed by atoms with E-state index in [9.17, 15) is 4.79 Å². The molecule has 5 heteroatoms. The van der Waals surface area contributed by atoms with E-state index in [1.54, 1.807) is 7.11 Å². The zero-order valence-corrected chi connectivity index (χ0v) is 16.1. The van der Waals surface area contributed by atoms with Crippen LogP contribution >= 0.6 is 0 Å². The van der Waals surface area contributed by atoms with E-state index in [2.05, 4.69) is 41.4 Å². The fourth-order valence-electron chi connectivity index (χ4n) is 4.20. The molecule has 2 aromatic carbocycles. The molecule has 27 heavy (non-hydrogen) atoms. The topological polar surface area (TPSA) is 44.8 Å². The van der Waals surface area contributed by atoms with Gasteiger partial charge in [0.25, 0.3) is 0 Å². The zero-order chi connectivity index (χ0) is 18.8. The Morgan fingerprint density at radius 2 is 1.85 bits per heavy atom. The molecule has 0 bridgehead atoms. The Balaban J connectivity index is 1.43. The van der Waals surface area contributed by atoms with Crippen LogP contribution in [0.25, 0.3) is 0 Å². The summed E-state index contributed by atoms with van der Waals surface area (Å²) in [5.74, 6) is 0.927. The van der Waals surface area contributed by atoms with Gasteiger partial charge in [-0.25, -0.2) is 4.79 Å². The van der Waals surface area contributed by atoms with Crippen LogP contribution in [0, 0.1) is 6.92 Å². The fraction of sp³-hybridized carbons (Fsp3) is 0.409. The number of piperidine rings is 1. The van der Waals surface area contributed by atoms with Crippen LogP contribution in [-0.2, 0) is 6.42 Å². The predicted molar refractivity (Wildman–Crippen MR) is 109 cm³/mol. The largest absolute Gasteiger partial charge is 0.495 e. The van der Waals surface area contributed by atoms with Crippen molar-refractivity contribution in [1.82, 2.24) is 4.90 Å². The molecule has 4 rings (SSSR count). The van der Waals surface area contributed by atoms with Crippen LogP contribution in [-0.4, -0.2) is 43.7 Å². The molecular weight excluding hydrogens is 338 g/mol. The fourth-order valence-corrected chi connectivity index (χ4v) is 4.20. The van der Waals surface area contributed by atoms with Crippen molar-refractivity contribution in [1.29, 1.82) is 0 Å². The number of nitrogens with zero attached hydrogens (tertiary/aromatic N) is 2. The van der Waals surface area contributed by atoms with Gasteiger partial charge >= 0.3 is 6.03 Å². The first-order valence-electron chi connectivity index (χ1n) is 9.71. The monoisotopic (exact) mass is 365 g/mol. The number of hydrogen-bond acceptors (Lipinski definition) is 3. The number of nitrogens with one attached hydrogen (secondary N) is 1. The summed E-state index contributed by atoms with van der Waals surface area (Å²) in [6.45, 7) is 4.72. The molecule has 2 aromatic rings. The number of aryl methyl sites for hydroxylation is 1. The number of carbonyl (C=O) groups is 1. The smallest absolute Gasteiger partial charge is 0.322 e. The van der Waals surface area contributed by atoms with Crippen molar-refractivity contribution in [3.63, 3.8) is 0 Å². The Bertz CT molecular complexity index is 828. The van der Waals surface area contributed by atoms with E-state index in [0.29, 0.717) is 0 Å². The van der Waals surface area contributed by atoms with Gasteiger partial charge in [0.05, 0.1) is 12.8 Å². The van der Waals surface area contributed by atoms with Crippen LogP contribution in [0.1, 0.15) is 24.0 Å². The summed E-state index contributed by atoms with van der Waals surface area (Å²) in [6.07, 6.45) is 2.85. The number of ether oxygens (including phenoxy) is 1. The highest BCUT2D eigenvalue weighted by Crippen LogP contribution is 2.32. The van der Waals surface area contributed by atoms with E-state index >= 15 is 0 Å². The number of hydrogen-bond donors (Lipinski definition) is 1. The van der Waals surface area contributed by atoms with Gasteiger partial charge in [0.1, 0.15) is 5.75 Å². The molecule has 0 radical (unpaired) electrons. The van der Waals surface area contributed by atoms with E-state index in [1.165, 1.54) is 11.1 Å². The van der Waals surface area contributed by atoms with E-state index < -0.39 is 0 Å². The highest BCUT2D eigenvalue weighted by Gasteiger charge is 2.30. The molecule has 0 aromatic heterocycles. The molecule has 5 nitrogen and oxygen atoms in total. The standard InChI is InChI=1S/C22H27N3O2/c1-16-7-8-20(21(15-16)27-2)24-12-10-18(11-13-24)25-14-9-17-5-3-4-6-19(17)23-22(25)26/h3-8,15,18H,9-14H2,1-2H3,(H,23,26). The summed E-state index contributed by atoms with van der Waals surface area (Å²) >= 11 is 0. The molecule has 2 aliphatic heterocycles. The number of amides is 2. The number of carbonyl (C=O) groups excluding carboxylic acids is 1. The zero-order valence-electron chi connectivity index (χ0n) is 16.1. The van der Waals surface area contributed by atoms with Gasteiger partial charge in [-0.05, 0) is 55.5 Å². The molecule has 2 aliphatic rings. The third kappa shape index (κ3) is 3.59. The van der Waals surface area contributed by atoms with Crippen LogP contribution in [0.15, 0.2) is 42.5 Å². The van der Waals surface area contributed by atoms with Crippen molar-refractivity contribution < 1.29 is 9.53 Å². The van der Waals surface area contributed by atoms with Crippen LogP contribution in [0.3, 0.4) is 0 Å². The first kappa shape index (κ1) is 17.7. The highest BCUT2D eigenvalue weighted by atomic mass is 16.5. The second-order valence-corrected chi connectivity index (χ2v) is 7.42. The maximum absolute atomic E-state index is 12.7. The Morgan fingerprint density at radius 1 is 1.07 bits per heavy atom. The third-order valence-electron chi connectivity index (χ3n) is 5.72. The molecule has 1 N–H and O–H groups in total. The van der Waals surface area contributed by atoms with Crippen molar-refractivity contribution >= 4 is 17.4 Å². The van der Waals surface area contributed by atoms with Gasteiger partial charge in [0.2, 0.25) is 0 Å². The summed E-state index contributed by atoms with van der Waals surface area (Å²) in [7, 11) is 1.73. The third-order valence-corrected chi connectivity index (χ3v) is 5.72. The molecule has 1 fully saturated rings. The van der Waals surface area contributed by atoms with Crippen LogP contribution < -0.4 is 15.0 Å². The average molecular weight is 365 g/mol. The average Bonchev–Trinajstić information content (AvgIpc) is 2.86. The van der Waals surface area contributed by atoms with E-state index in [-0.39, 0.29) is 12.1 Å². The van der Waals surface area contributed by atoms with E-state index in [1.807, 2.05) is 23.1 Å². The first-order valence-corrected chi connectivity index (χ1v) is 9.71. The number of methoxy groups -OCH3 is 1. The quantitative estimate of drug-likeness (QED) is 0.892. The molecule has 0 spiro atoms. The van der Waals surface area contributed by atoms with Crippen molar-refractivity contribution in [3.8, 4) is 5.75 Å². The summed E-state index contributed by atoms with van der Waals surface area (Å²) in [6, 6.07) is 14.8. The number of anilines is 2. The Morgan fingerprint density at radius 3 is 2.63 bits per heavy atom. The van der Waals surface area contributed by atoms with Crippen molar-refractivity contribution in [2.24, 2.45) is 0 Å². The molecule has 0 unspecified atom stereocenters. The minimum atomic E-state index is 0.0336. The number of rotatable bonds is 3. The van der Waals surface area contributed by atoms with Gasteiger partial charge in [0.15, 0.2) is 0 Å². The highest BCUT2D eigenvalue weighted by molar-refractivity contribution is 5.91. The number of fused-ring (bicyclic) bond motifs is 1. The molecule has 0 aliphatic carbocycles. The maximum atomic E-state index is 12.7. The molecule has 0 atom stereocenters. The van der Waals surface area contributed by atoms with Gasteiger partial charge in [-0.3, -0.25) is 0 Å².